The Kier molecular flexibility index (Phi) is 6.50. The summed E-state index contributed by atoms with van der Waals surface area (Å²) in [6.45, 7) is 1.88. The number of hydrogen-bond donors (Lipinski definition) is 0. The molecule has 0 aliphatic heterocycles. The lowest BCUT2D eigenvalue weighted by Gasteiger charge is -2.31. The quantitative estimate of drug-likeness (QED) is 0.286. The topological polar surface area (TPSA) is 12.5 Å². The van der Waals surface area contributed by atoms with Gasteiger partial charge < -0.3 is 9.64 Å². The summed E-state index contributed by atoms with van der Waals surface area (Å²) in [4.78, 5) is 2.39. The molecule has 0 atom stereocenters. The summed E-state index contributed by atoms with van der Waals surface area (Å²) in [6.07, 6.45) is 23.9. The molecule has 0 spiro atoms. The van der Waals surface area contributed by atoms with Crippen LogP contribution in [0.25, 0.3) is 16.5 Å². The van der Waals surface area contributed by atoms with Crippen LogP contribution in [0, 0.1) is 12.3 Å². The molecule has 0 N–H and O–H groups in total. The van der Waals surface area contributed by atoms with Crippen molar-refractivity contribution in [3.8, 4) is 12.3 Å². The van der Waals surface area contributed by atoms with E-state index < -0.39 is 0 Å². The number of anilines is 1. The average molecular weight is 454 g/mol. The fraction of sp³-hybridized carbons (Fsp3) is 0.0909. The second kappa shape index (κ2) is 10.2. The molecule has 0 radical (unpaired) electrons. The third-order valence-electron chi connectivity index (χ3n) is 6.24. The van der Waals surface area contributed by atoms with E-state index in [4.69, 9.17) is 11.2 Å². The van der Waals surface area contributed by atoms with E-state index in [1.807, 2.05) is 19.1 Å². The Balaban J connectivity index is 1.69. The molecular weight excluding hydrogens is 426 g/mol. The van der Waals surface area contributed by atoms with E-state index in [-0.39, 0.29) is 0 Å². The van der Waals surface area contributed by atoms with Gasteiger partial charge in [0.25, 0.3) is 0 Å². The molecule has 0 aromatic heterocycles. The fourth-order valence-electron chi connectivity index (χ4n) is 4.56. The van der Waals surface area contributed by atoms with Crippen LogP contribution in [0.2, 0.25) is 0 Å². The van der Waals surface area contributed by atoms with Gasteiger partial charge in [0.05, 0.1) is 11.4 Å². The Morgan fingerprint density at radius 1 is 0.914 bits per heavy atom. The van der Waals surface area contributed by atoms with E-state index >= 15 is 0 Å². The second-order valence-electron chi connectivity index (χ2n) is 8.41. The van der Waals surface area contributed by atoms with Gasteiger partial charge in [-0.25, -0.2) is 0 Å². The number of ether oxygens (including phenoxy) is 1. The Morgan fingerprint density at radius 2 is 1.74 bits per heavy atom. The molecule has 0 saturated heterocycles. The van der Waals surface area contributed by atoms with Gasteiger partial charge in [0, 0.05) is 23.1 Å². The molecule has 35 heavy (non-hydrogen) atoms. The minimum absolute atomic E-state index is 0.509. The number of nitrogens with zero attached hydrogens (tertiary/aromatic N) is 1. The monoisotopic (exact) mass is 453 g/mol. The zero-order chi connectivity index (χ0) is 24.0. The van der Waals surface area contributed by atoms with Crippen LogP contribution >= 0.6 is 0 Å². The molecule has 3 aromatic rings. The lowest BCUT2D eigenvalue weighted by atomic mass is 9.99. The van der Waals surface area contributed by atoms with E-state index in [2.05, 4.69) is 108 Å². The van der Waals surface area contributed by atoms with E-state index in [9.17, 15) is 0 Å². The Morgan fingerprint density at radius 3 is 2.63 bits per heavy atom. The highest BCUT2D eigenvalue weighted by Gasteiger charge is 2.22. The molecule has 0 amide bonds. The minimum atomic E-state index is 0.509. The summed E-state index contributed by atoms with van der Waals surface area (Å²) >= 11 is 0. The lowest BCUT2D eigenvalue weighted by molar-refractivity contribution is 0.340. The largest absolute Gasteiger partial charge is 0.449 e. The summed E-state index contributed by atoms with van der Waals surface area (Å²) < 4.78 is 5.91. The first-order valence-corrected chi connectivity index (χ1v) is 11.9. The maximum absolute atomic E-state index is 5.91. The van der Waals surface area contributed by atoms with Crippen molar-refractivity contribution in [2.75, 3.05) is 4.90 Å². The predicted molar refractivity (Wildman–Crippen MR) is 147 cm³/mol. The molecule has 0 saturated carbocycles. The Bertz CT molecular complexity index is 1480. The smallest absolute Gasteiger partial charge is 0.172 e. The van der Waals surface area contributed by atoms with Gasteiger partial charge in [-0.05, 0) is 66.7 Å². The third kappa shape index (κ3) is 4.63. The SMILES string of the molecule is C#C/C(=C\C)OC1=CC=C(N(C2=CC=CCc3ccccc32)c2cccc3ccccc23)CC=C1. The zero-order valence-electron chi connectivity index (χ0n) is 19.8. The van der Waals surface area contributed by atoms with Crippen LogP contribution in [0.1, 0.15) is 24.5 Å². The van der Waals surface area contributed by atoms with Crippen molar-refractivity contribution in [2.45, 2.75) is 19.8 Å². The molecule has 170 valence electrons. The summed E-state index contributed by atoms with van der Waals surface area (Å²) in [5, 5.41) is 2.42. The van der Waals surface area contributed by atoms with Gasteiger partial charge >= 0.3 is 0 Å². The van der Waals surface area contributed by atoms with Crippen LogP contribution in [-0.2, 0) is 11.2 Å². The van der Waals surface area contributed by atoms with Gasteiger partial charge in [0.15, 0.2) is 5.76 Å². The fourth-order valence-corrected chi connectivity index (χ4v) is 4.56. The summed E-state index contributed by atoms with van der Waals surface area (Å²) in [6, 6.07) is 23.7. The van der Waals surface area contributed by atoms with Crippen molar-refractivity contribution in [1.29, 1.82) is 0 Å². The first-order valence-electron chi connectivity index (χ1n) is 11.9. The van der Waals surface area contributed by atoms with Crippen LogP contribution in [0.5, 0.6) is 0 Å². The molecule has 5 rings (SSSR count). The van der Waals surface area contributed by atoms with Gasteiger partial charge in [-0.2, -0.15) is 0 Å². The standard InChI is InChI=1S/C33H27NO/c1-3-28(4-2)35-29-18-12-17-27(23-24-29)34(33-22-11-16-26-14-6-9-20-31(26)33)32-21-10-7-15-25-13-5-8-19-30(25)32/h1,4-14,16,18-24H,15,17H2,2H3/b28-4+. The highest BCUT2D eigenvalue weighted by atomic mass is 16.5. The molecule has 2 nitrogen and oxygen atoms in total. The Labute approximate surface area is 207 Å². The maximum Gasteiger partial charge on any atom is 0.172 e. The van der Waals surface area contributed by atoms with Crippen molar-refractivity contribution in [1.82, 2.24) is 0 Å². The lowest BCUT2D eigenvalue weighted by Crippen LogP contribution is -2.21. The van der Waals surface area contributed by atoms with E-state index in [0.717, 1.165) is 35.7 Å². The van der Waals surface area contributed by atoms with E-state index in [0.29, 0.717) is 5.76 Å². The highest BCUT2D eigenvalue weighted by Crippen LogP contribution is 2.39. The summed E-state index contributed by atoms with van der Waals surface area (Å²) in [5.74, 6) is 3.82. The maximum atomic E-state index is 5.91. The minimum Gasteiger partial charge on any atom is -0.449 e. The third-order valence-corrected chi connectivity index (χ3v) is 6.24. The molecule has 2 aliphatic rings. The van der Waals surface area contributed by atoms with Gasteiger partial charge in [-0.3, -0.25) is 0 Å². The predicted octanol–water partition coefficient (Wildman–Crippen LogP) is 8.08. The zero-order valence-corrected chi connectivity index (χ0v) is 19.8. The van der Waals surface area contributed by atoms with Gasteiger partial charge in [0.1, 0.15) is 5.76 Å². The number of allylic oxidation sites excluding steroid dienone is 9. The summed E-state index contributed by atoms with van der Waals surface area (Å²) in [5.41, 5.74) is 6.00. The van der Waals surface area contributed by atoms with Crippen molar-refractivity contribution < 1.29 is 4.74 Å². The number of benzene rings is 3. The molecule has 0 fully saturated rings. The number of terminal acetylenes is 1. The average Bonchev–Trinajstić information content (AvgIpc) is 3.27. The molecule has 3 aromatic carbocycles. The molecule has 0 bridgehead atoms. The van der Waals surface area contributed by atoms with Crippen LogP contribution in [0.3, 0.4) is 0 Å². The van der Waals surface area contributed by atoms with Gasteiger partial charge in [0.2, 0.25) is 0 Å². The molecular formula is C33H27NO. The van der Waals surface area contributed by atoms with Crippen LogP contribution < -0.4 is 4.90 Å². The highest BCUT2D eigenvalue weighted by molar-refractivity contribution is 6.00. The van der Waals surface area contributed by atoms with Crippen LogP contribution in [-0.4, -0.2) is 0 Å². The molecule has 0 heterocycles. The number of fused-ring (bicyclic) bond motifs is 2. The van der Waals surface area contributed by atoms with Crippen molar-refractivity contribution in [3.05, 3.63) is 144 Å². The number of hydrogen-bond acceptors (Lipinski definition) is 2. The number of rotatable bonds is 5. The first-order chi connectivity index (χ1) is 17.3. The molecule has 0 unspecified atom stereocenters. The van der Waals surface area contributed by atoms with Gasteiger partial charge in [-0.1, -0.05) is 78.9 Å². The Hall–Kier alpha value is -4.48. The van der Waals surface area contributed by atoms with Crippen molar-refractivity contribution >= 4 is 22.2 Å². The van der Waals surface area contributed by atoms with Crippen molar-refractivity contribution in [2.24, 2.45) is 0 Å². The normalized spacial score (nSPS) is 15.2. The molecule has 2 aliphatic carbocycles. The van der Waals surface area contributed by atoms with Crippen LogP contribution in [0.15, 0.2) is 133 Å². The molecule has 2 heteroatoms. The van der Waals surface area contributed by atoms with Crippen molar-refractivity contribution in [3.63, 3.8) is 0 Å². The second-order valence-corrected chi connectivity index (χ2v) is 8.41. The summed E-state index contributed by atoms with van der Waals surface area (Å²) in [7, 11) is 0. The first kappa shape index (κ1) is 22.3. The van der Waals surface area contributed by atoms with E-state index in [1.54, 1.807) is 6.08 Å². The van der Waals surface area contributed by atoms with Crippen LogP contribution in [0.4, 0.5) is 5.69 Å². The van der Waals surface area contributed by atoms with E-state index in [1.165, 1.54) is 21.9 Å². The van der Waals surface area contributed by atoms with Gasteiger partial charge in [-0.15, -0.1) is 6.42 Å².